The van der Waals surface area contributed by atoms with Crippen molar-refractivity contribution < 1.29 is 9.90 Å². The molecule has 0 bridgehead atoms. The Morgan fingerprint density at radius 1 is 1.22 bits per heavy atom. The number of benzene rings is 1. The van der Waals surface area contributed by atoms with Crippen molar-refractivity contribution in [2.24, 2.45) is 13.0 Å². The van der Waals surface area contributed by atoms with E-state index < -0.39 is 6.10 Å². The second-order valence-corrected chi connectivity index (χ2v) is 7.29. The molecule has 140 valence electrons. The summed E-state index contributed by atoms with van der Waals surface area (Å²) in [5, 5.41) is 15.9. The molecule has 4 rings (SSSR count). The standard InChI is InChI=1S/C21H24N4O2/c1-14-18-12-17(13-22-20(18)24(2)23-14)21(27)25-10-8-16(9-11-25)19(26)15-6-4-3-5-7-15/h3-7,12-13,16,19,26H,8-11H2,1-2H3. The zero-order chi connectivity index (χ0) is 19.0. The van der Waals surface area contributed by atoms with E-state index in [-0.39, 0.29) is 11.8 Å². The number of aryl methyl sites for hydroxylation is 2. The first-order chi connectivity index (χ1) is 13.0. The molecule has 27 heavy (non-hydrogen) atoms. The van der Waals surface area contributed by atoms with Crippen molar-refractivity contribution in [2.45, 2.75) is 25.9 Å². The SMILES string of the molecule is Cc1nn(C)c2ncc(C(=O)N3CCC(C(O)c4ccccc4)CC3)cc12. The van der Waals surface area contributed by atoms with Gasteiger partial charge in [0.2, 0.25) is 0 Å². The van der Waals surface area contributed by atoms with Crippen molar-refractivity contribution in [1.82, 2.24) is 19.7 Å². The molecule has 6 nitrogen and oxygen atoms in total. The van der Waals surface area contributed by atoms with Crippen LogP contribution in [0.5, 0.6) is 0 Å². The summed E-state index contributed by atoms with van der Waals surface area (Å²) < 4.78 is 1.73. The molecule has 0 radical (unpaired) electrons. The van der Waals surface area contributed by atoms with E-state index in [1.165, 1.54) is 0 Å². The Hall–Kier alpha value is -2.73. The van der Waals surface area contributed by atoms with Gasteiger partial charge in [0.15, 0.2) is 5.65 Å². The van der Waals surface area contributed by atoms with Gasteiger partial charge < -0.3 is 10.0 Å². The van der Waals surface area contributed by atoms with Crippen LogP contribution in [0.15, 0.2) is 42.6 Å². The topological polar surface area (TPSA) is 71.2 Å². The van der Waals surface area contributed by atoms with Crippen LogP contribution in [0.4, 0.5) is 0 Å². The van der Waals surface area contributed by atoms with Crippen LogP contribution in [0.2, 0.25) is 0 Å². The van der Waals surface area contributed by atoms with Crippen LogP contribution < -0.4 is 0 Å². The predicted molar refractivity (Wildman–Crippen MR) is 103 cm³/mol. The minimum Gasteiger partial charge on any atom is -0.388 e. The smallest absolute Gasteiger partial charge is 0.255 e. The molecule has 1 fully saturated rings. The van der Waals surface area contributed by atoms with E-state index in [0.29, 0.717) is 18.7 Å². The summed E-state index contributed by atoms with van der Waals surface area (Å²) in [7, 11) is 1.85. The molecule has 0 aliphatic carbocycles. The molecule has 1 aliphatic rings. The molecule has 3 aromatic rings. The van der Waals surface area contributed by atoms with Crippen LogP contribution in [-0.4, -0.2) is 43.8 Å². The average Bonchev–Trinajstić information content (AvgIpc) is 3.01. The van der Waals surface area contributed by atoms with Gasteiger partial charge in [0.25, 0.3) is 5.91 Å². The highest BCUT2D eigenvalue weighted by atomic mass is 16.3. The molecule has 1 unspecified atom stereocenters. The van der Waals surface area contributed by atoms with Gasteiger partial charge in [-0.2, -0.15) is 5.10 Å². The molecular formula is C21H24N4O2. The lowest BCUT2D eigenvalue weighted by Gasteiger charge is -2.34. The van der Waals surface area contributed by atoms with E-state index in [1.807, 2.05) is 55.3 Å². The Labute approximate surface area is 158 Å². The van der Waals surface area contributed by atoms with Crippen LogP contribution in [-0.2, 0) is 7.05 Å². The number of aliphatic hydroxyl groups is 1. The fraction of sp³-hybridized carbons (Fsp3) is 0.381. The number of carbonyl (C=O) groups excluding carboxylic acids is 1. The van der Waals surface area contributed by atoms with Gasteiger partial charge in [0.05, 0.1) is 17.4 Å². The van der Waals surface area contributed by atoms with E-state index >= 15 is 0 Å². The number of pyridine rings is 1. The summed E-state index contributed by atoms with van der Waals surface area (Å²) >= 11 is 0. The van der Waals surface area contributed by atoms with Crippen molar-refractivity contribution >= 4 is 16.9 Å². The lowest BCUT2D eigenvalue weighted by molar-refractivity contribution is 0.0462. The number of rotatable bonds is 3. The van der Waals surface area contributed by atoms with Gasteiger partial charge >= 0.3 is 0 Å². The molecule has 1 amide bonds. The maximum Gasteiger partial charge on any atom is 0.255 e. The Morgan fingerprint density at radius 2 is 1.93 bits per heavy atom. The normalized spacial score (nSPS) is 16.6. The van der Waals surface area contributed by atoms with Crippen molar-refractivity contribution in [3.8, 4) is 0 Å². The van der Waals surface area contributed by atoms with Gasteiger partial charge in [0.1, 0.15) is 0 Å². The zero-order valence-electron chi connectivity index (χ0n) is 15.7. The highest BCUT2D eigenvalue weighted by molar-refractivity contribution is 5.97. The van der Waals surface area contributed by atoms with E-state index in [9.17, 15) is 9.90 Å². The maximum atomic E-state index is 12.9. The highest BCUT2D eigenvalue weighted by Gasteiger charge is 2.29. The second kappa shape index (κ2) is 7.12. The number of aliphatic hydroxyl groups excluding tert-OH is 1. The minimum atomic E-state index is -0.473. The third-order valence-electron chi connectivity index (χ3n) is 5.52. The molecule has 1 saturated heterocycles. The fourth-order valence-corrected chi connectivity index (χ4v) is 3.95. The fourth-order valence-electron chi connectivity index (χ4n) is 3.95. The maximum absolute atomic E-state index is 12.9. The summed E-state index contributed by atoms with van der Waals surface area (Å²) in [6, 6.07) is 11.6. The number of aromatic nitrogens is 3. The molecule has 1 aliphatic heterocycles. The van der Waals surface area contributed by atoms with Crippen LogP contribution in [0.25, 0.3) is 11.0 Å². The van der Waals surface area contributed by atoms with Crippen molar-refractivity contribution in [2.75, 3.05) is 13.1 Å². The van der Waals surface area contributed by atoms with Crippen molar-refractivity contribution in [3.63, 3.8) is 0 Å². The first kappa shape index (κ1) is 17.7. The molecule has 1 N–H and O–H groups in total. The summed E-state index contributed by atoms with van der Waals surface area (Å²) in [6.45, 7) is 3.23. The predicted octanol–water partition coefficient (Wildman–Crippen LogP) is 2.86. The average molecular weight is 364 g/mol. The summed E-state index contributed by atoms with van der Waals surface area (Å²) in [4.78, 5) is 19.2. The van der Waals surface area contributed by atoms with Crippen LogP contribution >= 0.6 is 0 Å². The molecule has 0 saturated carbocycles. The molecule has 3 heterocycles. The third-order valence-corrected chi connectivity index (χ3v) is 5.52. The van der Waals surface area contributed by atoms with E-state index in [1.54, 1.807) is 10.9 Å². The van der Waals surface area contributed by atoms with Gasteiger partial charge in [0, 0.05) is 31.7 Å². The number of piperidine rings is 1. The van der Waals surface area contributed by atoms with Crippen molar-refractivity contribution in [3.05, 3.63) is 59.4 Å². The molecule has 6 heteroatoms. The lowest BCUT2D eigenvalue weighted by atomic mass is 9.87. The summed E-state index contributed by atoms with van der Waals surface area (Å²) in [6.07, 6.45) is 2.75. The van der Waals surface area contributed by atoms with Crippen LogP contribution in [0.3, 0.4) is 0 Å². The Kier molecular flexibility index (Phi) is 4.66. The van der Waals surface area contributed by atoms with Gasteiger partial charge in [-0.25, -0.2) is 4.98 Å². The first-order valence-electron chi connectivity index (χ1n) is 9.36. The number of hydrogen-bond acceptors (Lipinski definition) is 4. The first-order valence-corrected chi connectivity index (χ1v) is 9.36. The number of nitrogens with zero attached hydrogens (tertiary/aromatic N) is 4. The Morgan fingerprint density at radius 3 is 2.63 bits per heavy atom. The molecule has 2 aromatic heterocycles. The Balaban J connectivity index is 1.45. The van der Waals surface area contributed by atoms with Crippen molar-refractivity contribution in [1.29, 1.82) is 0 Å². The third kappa shape index (κ3) is 3.32. The monoisotopic (exact) mass is 364 g/mol. The summed E-state index contributed by atoms with van der Waals surface area (Å²) in [5.41, 5.74) is 3.21. The molecule has 1 aromatic carbocycles. The number of likely N-dealkylation sites (tertiary alicyclic amines) is 1. The second-order valence-electron chi connectivity index (χ2n) is 7.29. The van der Waals surface area contributed by atoms with Gasteiger partial charge in [-0.3, -0.25) is 9.48 Å². The number of amides is 1. The van der Waals surface area contributed by atoms with Crippen LogP contribution in [0, 0.1) is 12.8 Å². The number of carbonyl (C=O) groups is 1. The van der Waals surface area contributed by atoms with E-state index in [2.05, 4.69) is 10.1 Å². The number of hydrogen-bond donors (Lipinski definition) is 1. The van der Waals surface area contributed by atoms with Gasteiger partial charge in [-0.15, -0.1) is 0 Å². The molecule has 1 atom stereocenters. The lowest BCUT2D eigenvalue weighted by Crippen LogP contribution is -2.39. The number of fused-ring (bicyclic) bond motifs is 1. The van der Waals surface area contributed by atoms with Gasteiger partial charge in [-0.05, 0) is 37.3 Å². The minimum absolute atomic E-state index is 0.000281. The molecular weight excluding hydrogens is 340 g/mol. The molecule has 0 spiro atoms. The quantitative estimate of drug-likeness (QED) is 0.776. The van der Waals surface area contributed by atoms with Gasteiger partial charge in [-0.1, -0.05) is 30.3 Å². The van der Waals surface area contributed by atoms with E-state index in [0.717, 1.165) is 35.1 Å². The van der Waals surface area contributed by atoms with E-state index in [4.69, 9.17) is 0 Å². The zero-order valence-corrected chi connectivity index (χ0v) is 15.7. The van der Waals surface area contributed by atoms with Crippen LogP contribution in [0.1, 0.15) is 40.6 Å². The Bertz CT molecular complexity index is 959. The highest BCUT2D eigenvalue weighted by Crippen LogP contribution is 2.31. The summed E-state index contributed by atoms with van der Waals surface area (Å²) in [5.74, 6) is 0.179. The largest absolute Gasteiger partial charge is 0.388 e.